The van der Waals surface area contributed by atoms with E-state index in [-0.39, 0.29) is 11.8 Å². The molecule has 176 valence electrons. The fraction of sp³-hybridized carbons (Fsp3) is 0.370. The number of nitrogens with zero attached hydrogens (tertiary/aromatic N) is 3. The van der Waals surface area contributed by atoms with Gasteiger partial charge in [0.05, 0.1) is 17.0 Å². The first-order chi connectivity index (χ1) is 16.7. The maximum atomic E-state index is 13.3. The predicted molar refractivity (Wildman–Crippen MR) is 139 cm³/mol. The summed E-state index contributed by atoms with van der Waals surface area (Å²) in [7, 11) is 0. The first-order valence-corrected chi connectivity index (χ1v) is 13.1. The Morgan fingerprint density at radius 3 is 2.47 bits per heavy atom. The summed E-state index contributed by atoms with van der Waals surface area (Å²) in [6.45, 7) is 3.81. The zero-order valence-corrected chi connectivity index (χ0v) is 20.2. The Morgan fingerprint density at radius 2 is 1.65 bits per heavy atom. The third kappa shape index (κ3) is 4.89. The third-order valence-corrected chi connectivity index (χ3v) is 7.74. The molecule has 2 amide bonds. The van der Waals surface area contributed by atoms with Gasteiger partial charge in [0.1, 0.15) is 0 Å². The number of rotatable bonds is 6. The van der Waals surface area contributed by atoms with Crippen molar-refractivity contribution in [2.24, 2.45) is 0 Å². The van der Waals surface area contributed by atoms with Gasteiger partial charge in [0.2, 0.25) is 5.91 Å². The Balaban J connectivity index is 1.35. The highest BCUT2D eigenvalue weighted by Crippen LogP contribution is 2.34. The van der Waals surface area contributed by atoms with Crippen LogP contribution in [0.25, 0.3) is 10.8 Å². The molecule has 6 nitrogen and oxygen atoms in total. The Morgan fingerprint density at radius 1 is 0.882 bits per heavy atom. The van der Waals surface area contributed by atoms with Crippen molar-refractivity contribution in [2.75, 3.05) is 42.1 Å². The van der Waals surface area contributed by atoms with Gasteiger partial charge in [-0.2, -0.15) is 0 Å². The molecule has 0 aliphatic carbocycles. The molecule has 0 saturated carbocycles. The van der Waals surface area contributed by atoms with Gasteiger partial charge in [-0.1, -0.05) is 12.1 Å². The van der Waals surface area contributed by atoms with Crippen LogP contribution in [0.3, 0.4) is 0 Å². The molecule has 2 saturated heterocycles. The number of carbonyl (C=O) groups excluding carboxylic acids is 2. The molecule has 2 aliphatic rings. The topological polar surface area (TPSA) is 65.5 Å². The highest BCUT2D eigenvalue weighted by molar-refractivity contribution is 8.00. The SMILES string of the molecule is O=C(Nc1ccc(N2CCCCC2)c2ccncc12)c1ccccc1SCC(=O)N1CCCC1. The molecule has 7 heteroatoms. The molecule has 2 aliphatic heterocycles. The zero-order valence-electron chi connectivity index (χ0n) is 19.3. The number of aromatic nitrogens is 1. The van der Waals surface area contributed by atoms with E-state index in [2.05, 4.69) is 21.3 Å². The molecular weight excluding hydrogens is 444 g/mol. The summed E-state index contributed by atoms with van der Waals surface area (Å²) >= 11 is 1.43. The molecule has 0 unspecified atom stereocenters. The van der Waals surface area contributed by atoms with Crippen molar-refractivity contribution in [1.82, 2.24) is 9.88 Å². The largest absolute Gasteiger partial charge is 0.371 e. The van der Waals surface area contributed by atoms with Crippen molar-refractivity contribution < 1.29 is 9.59 Å². The number of piperidine rings is 1. The second-order valence-corrected chi connectivity index (χ2v) is 9.95. The lowest BCUT2D eigenvalue weighted by Gasteiger charge is -2.30. The van der Waals surface area contributed by atoms with Gasteiger partial charge in [-0.3, -0.25) is 14.6 Å². The van der Waals surface area contributed by atoms with Gasteiger partial charge in [-0.15, -0.1) is 11.8 Å². The second kappa shape index (κ2) is 10.5. The van der Waals surface area contributed by atoms with Crippen LogP contribution in [0.4, 0.5) is 11.4 Å². The van der Waals surface area contributed by atoms with E-state index in [1.807, 2.05) is 53.7 Å². The minimum absolute atomic E-state index is 0.142. The number of nitrogens with one attached hydrogen (secondary N) is 1. The number of carbonyl (C=O) groups is 2. The average molecular weight is 475 g/mol. The molecule has 2 aromatic carbocycles. The van der Waals surface area contributed by atoms with Gasteiger partial charge in [0, 0.05) is 59.9 Å². The summed E-state index contributed by atoms with van der Waals surface area (Å²) < 4.78 is 0. The van der Waals surface area contributed by atoms with Gasteiger partial charge in [0.25, 0.3) is 5.91 Å². The van der Waals surface area contributed by atoms with Crippen LogP contribution in [-0.4, -0.2) is 53.6 Å². The Hall–Kier alpha value is -3.06. The molecule has 1 aromatic heterocycles. The van der Waals surface area contributed by atoms with Crippen LogP contribution in [-0.2, 0) is 4.79 Å². The van der Waals surface area contributed by atoms with Gasteiger partial charge >= 0.3 is 0 Å². The average Bonchev–Trinajstić information content (AvgIpc) is 3.43. The monoisotopic (exact) mass is 474 g/mol. The predicted octanol–water partition coefficient (Wildman–Crippen LogP) is 5.19. The highest BCUT2D eigenvalue weighted by atomic mass is 32.2. The van der Waals surface area contributed by atoms with E-state index in [0.717, 1.165) is 60.4 Å². The number of pyridine rings is 1. The summed E-state index contributed by atoms with van der Waals surface area (Å²) in [6.07, 6.45) is 9.49. The summed E-state index contributed by atoms with van der Waals surface area (Å²) in [5, 5.41) is 5.15. The Bertz CT molecular complexity index is 1190. The quantitative estimate of drug-likeness (QED) is 0.498. The van der Waals surface area contributed by atoms with Crippen molar-refractivity contribution in [3.05, 3.63) is 60.4 Å². The number of thioether (sulfide) groups is 1. The van der Waals surface area contributed by atoms with E-state index in [0.29, 0.717) is 11.3 Å². The first-order valence-electron chi connectivity index (χ1n) is 12.1. The molecule has 0 radical (unpaired) electrons. The molecule has 5 rings (SSSR count). The third-order valence-electron chi connectivity index (χ3n) is 6.68. The van der Waals surface area contributed by atoms with E-state index >= 15 is 0 Å². The van der Waals surface area contributed by atoms with Gasteiger partial charge in [-0.25, -0.2) is 0 Å². The second-order valence-electron chi connectivity index (χ2n) is 8.93. The molecule has 2 fully saturated rings. The van der Waals surface area contributed by atoms with Gasteiger partial charge < -0.3 is 15.1 Å². The molecule has 1 N–H and O–H groups in total. The maximum Gasteiger partial charge on any atom is 0.256 e. The number of fused-ring (bicyclic) bond motifs is 1. The van der Waals surface area contributed by atoms with Crippen LogP contribution in [0, 0.1) is 0 Å². The Labute approximate surface area is 204 Å². The van der Waals surface area contributed by atoms with Crippen molar-refractivity contribution >= 4 is 45.7 Å². The van der Waals surface area contributed by atoms with Crippen molar-refractivity contribution in [3.63, 3.8) is 0 Å². The molecular formula is C27H30N4O2S. The number of hydrogen-bond donors (Lipinski definition) is 1. The minimum atomic E-state index is -0.174. The summed E-state index contributed by atoms with van der Waals surface area (Å²) in [4.78, 5) is 35.3. The number of benzene rings is 2. The molecule has 34 heavy (non-hydrogen) atoms. The summed E-state index contributed by atoms with van der Waals surface area (Å²) in [5.41, 5.74) is 2.53. The van der Waals surface area contributed by atoms with E-state index in [1.165, 1.54) is 36.7 Å². The van der Waals surface area contributed by atoms with Crippen LogP contribution >= 0.6 is 11.8 Å². The molecule has 0 bridgehead atoms. The molecule has 0 spiro atoms. The zero-order chi connectivity index (χ0) is 23.3. The van der Waals surface area contributed by atoms with Gasteiger partial charge in [0.15, 0.2) is 0 Å². The van der Waals surface area contributed by atoms with E-state index in [9.17, 15) is 9.59 Å². The molecule has 3 aromatic rings. The molecule has 3 heterocycles. The number of anilines is 2. The highest BCUT2D eigenvalue weighted by Gasteiger charge is 2.20. The van der Waals surface area contributed by atoms with Crippen LogP contribution < -0.4 is 10.2 Å². The van der Waals surface area contributed by atoms with Crippen LogP contribution in [0.2, 0.25) is 0 Å². The molecule has 0 atom stereocenters. The van der Waals surface area contributed by atoms with Crippen molar-refractivity contribution in [3.8, 4) is 0 Å². The lowest BCUT2D eigenvalue weighted by Crippen LogP contribution is -2.29. The van der Waals surface area contributed by atoms with Crippen molar-refractivity contribution in [1.29, 1.82) is 0 Å². The summed E-state index contributed by atoms with van der Waals surface area (Å²) in [5.74, 6) is 0.317. The lowest BCUT2D eigenvalue weighted by atomic mass is 10.0. The van der Waals surface area contributed by atoms with Crippen LogP contribution in [0.5, 0.6) is 0 Å². The standard InChI is InChI=1S/C27H30N4O2S/c32-26(31-16-6-7-17-31)19-34-25-9-3-2-8-21(25)27(33)29-23-10-11-24(30-14-4-1-5-15-30)20-12-13-28-18-22(20)23/h2-3,8-13,18H,1,4-7,14-17,19H2,(H,29,33). The first kappa shape index (κ1) is 22.7. The van der Waals surface area contributed by atoms with E-state index < -0.39 is 0 Å². The van der Waals surface area contributed by atoms with Crippen LogP contribution in [0.15, 0.2) is 59.8 Å². The lowest BCUT2D eigenvalue weighted by molar-refractivity contribution is -0.127. The smallest absolute Gasteiger partial charge is 0.256 e. The van der Waals surface area contributed by atoms with E-state index in [4.69, 9.17) is 0 Å². The number of amides is 2. The number of likely N-dealkylation sites (tertiary alicyclic amines) is 1. The maximum absolute atomic E-state index is 13.3. The Kier molecular flexibility index (Phi) is 7.00. The fourth-order valence-corrected chi connectivity index (χ4v) is 5.81. The van der Waals surface area contributed by atoms with Crippen molar-refractivity contribution in [2.45, 2.75) is 37.0 Å². The minimum Gasteiger partial charge on any atom is -0.371 e. The van der Waals surface area contributed by atoms with E-state index in [1.54, 1.807) is 0 Å². The van der Waals surface area contributed by atoms with Gasteiger partial charge in [-0.05, 0) is 62.4 Å². The van der Waals surface area contributed by atoms with Crippen LogP contribution in [0.1, 0.15) is 42.5 Å². The fourth-order valence-electron chi connectivity index (χ4n) is 4.86. The number of hydrogen-bond acceptors (Lipinski definition) is 5. The summed E-state index contributed by atoms with van der Waals surface area (Å²) in [6, 6.07) is 13.6. The normalized spacial score (nSPS) is 16.1.